The zero-order valence-electron chi connectivity index (χ0n) is 9.22. The second kappa shape index (κ2) is 4.70. The number of allylic oxidation sites excluding steroid dienone is 3. The standard InChI is InChI=1S/C12H14N2OS/c1-2-3-8-14-11(15)9-6-4-5-7-10(9)13-12(14)16/h4-7,9H,2-3,8H2,1H3. The number of hydrogen-bond acceptors (Lipinski definition) is 2. The molecule has 84 valence electrons. The zero-order chi connectivity index (χ0) is 11.5. The number of hydrogen-bond donors (Lipinski definition) is 0. The van der Waals surface area contributed by atoms with Gasteiger partial charge in [-0.05, 0) is 24.7 Å². The molecule has 0 spiro atoms. The first-order chi connectivity index (χ1) is 7.74. The molecule has 0 aromatic rings. The van der Waals surface area contributed by atoms with Crippen molar-refractivity contribution < 1.29 is 4.79 Å². The maximum atomic E-state index is 12.1. The highest BCUT2D eigenvalue weighted by Crippen LogP contribution is 2.19. The van der Waals surface area contributed by atoms with Crippen LogP contribution in [0.5, 0.6) is 0 Å². The Balaban J connectivity index is 2.22. The first-order valence-electron chi connectivity index (χ1n) is 5.53. The molecule has 2 aliphatic rings. The summed E-state index contributed by atoms with van der Waals surface area (Å²) >= 11 is 5.15. The number of carbonyl (C=O) groups is 1. The Morgan fingerprint density at radius 3 is 3.06 bits per heavy atom. The zero-order valence-corrected chi connectivity index (χ0v) is 10.0. The van der Waals surface area contributed by atoms with Crippen LogP contribution >= 0.6 is 12.2 Å². The molecular weight excluding hydrogens is 220 g/mol. The largest absolute Gasteiger partial charge is 0.287 e. The average Bonchev–Trinajstić information content (AvgIpc) is 2.29. The van der Waals surface area contributed by atoms with Gasteiger partial charge in [-0.3, -0.25) is 9.69 Å². The van der Waals surface area contributed by atoms with Gasteiger partial charge in [0.15, 0.2) is 0 Å². The molecule has 2 rings (SSSR count). The summed E-state index contributed by atoms with van der Waals surface area (Å²) in [5.41, 5.74) is 0.769. The second-order valence-corrected chi connectivity index (χ2v) is 4.25. The third-order valence-electron chi connectivity index (χ3n) is 2.72. The molecular formula is C12H14N2OS. The summed E-state index contributed by atoms with van der Waals surface area (Å²) in [6.45, 7) is 2.77. The summed E-state index contributed by atoms with van der Waals surface area (Å²) in [7, 11) is 0. The lowest BCUT2D eigenvalue weighted by Gasteiger charge is -2.30. The lowest BCUT2D eigenvalue weighted by molar-refractivity contribution is -0.128. The van der Waals surface area contributed by atoms with Gasteiger partial charge in [0.2, 0.25) is 11.0 Å². The number of unbranched alkanes of at least 4 members (excludes halogenated alkanes) is 1. The minimum absolute atomic E-state index is 0.0593. The lowest BCUT2D eigenvalue weighted by atomic mass is 9.95. The van der Waals surface area contributed by atoms with Gasteiger partial charge in [0.05, 0.1) is 11.6 Å². The van der Waals surface area contributed by atoms with Crippen molar-refractivity contribution in [2.45, 2.75) is 19.8 Å². The predicted octanol–water partition coefficient (Wildman–Crippen LogP) is 2.10. The van der Waals surface area contributed by atoms with Gasteiger partial charge in [-0.15, -0.1) is 0 Å². The summed E-state index contributed by atoms with van der Waals surface area (Å²) in [4.78, 5) is 18.1. The molecule has 1 heterocycles. The van der Waals surface area contributed by atoms with Crippen LogP contribution in [0.15, 0.2) is 29.3 Å². The molecule has 0 radical (unpaired) electrons. The smallest absolute Gasteiger partial charge is 0.241 e. The molecule has 0 saturated carbocycles. The summed E-state index contributed by atoms with van der Waals surface area (Å²) in [6.07, 6.45) is 9.50. The van der Waals surface area contributed by atoms with Crippen LogP contribution in [0.25, 0.3) is 0 Å². The van der Waals surface area contributed by atoms with Crippen molar-refractivity contribution in [3.05, 3.63) is 24.3 Å². The number of fused-ring (bicyclic) bond motifs is 1. The Kier molecular flexibility index (Phi) is 3.29. The molecule has 0 aromatic carbocycles. The molecule has 0 bridgehead atoms. The maximum Gasteiger partial charge on any atom is 0.241 e. The van der Waals surface area contributed by atoms with Crippen LogP contribution in [0.3, 0.4) is 0 Å². The van der Waals surface area contributed by atoms with Crippen molar-refractivity contribution >= 4 is 28.9 Å². The van der Waals surface area contributed by atoms with E-state index in [0.717, 1.165) is 18.6 Å². The van der Waals surface area contributed by atoms with Crippen LogP contribution in [0.2, 0.25) is 0 Å². The normalized spacial score (nSPS) is 23.4. The van der Waals surface area contributed by atoms with Crippen molar-refractivity contribution in [1.82, 2.24) is 4.90 Å². The highest BCUT2D eigenvalue weighted by Gasteiger charge is 2.32. The fraction of sp³-hybridized carbons (Fsp3) is 0.417. The number of aliphatic imine (C=N–C) groups is 1. The number of carbonyl (C=O) groups excluding carboxylic acids is 1. The monoisotopic (exact) mass is 234 g/mol. The molecule has 0 N–H and O–H groups in total. The molecule has 16 heavy (non-hydrogen) atoms. The molecule has 0 aromatic heterocycles. The minimum Gasteiger partial charge on any atom is -0.287 e. The van der Waals surface area contributed by atoms with Crippen LogP contribution in [-0.4, -0.2) is 28.2 Å². The average molecular weight is 234 g/mol. The lowest BCUT2D eigenvalue weighted by Crippen LogP contribution is -2.46. The predicted molar refractivity (Wildman–Crippen MR) is 68.4 cm³/mol. The Bertz CT molecular complexity index is 409. The van der Waals surface area contributed by atoms with E-state index < -0.39 is 0 Å². The van der Waals surface area contributed by atoms with E-state index >= 15 is 0 Å². The van der Waals surface area contributed by atoms with Gasteiger partial charge in [0.25, 0.3) is 0 Å². The van der Waals surface area contributed by atoms with E-state index in [1.54, 1.807) is 4.90 Å². The van der Waals surface area contributed by atoms with E-state index in [9.17, 15) is 4.79 Å². The van der Waals surface area contributed by atoms with E-state index in [2.05, 4.69) is 11.9 Å². The molecule has 0 fully saturated rings. The third kappa shape index (κ3) is 1.97. The fourth-order valence-electron chi connectivity index (χ4n) is 1.80. The van der Waals surface area contributed by atoms with Crippen LogP contribution < -0.4 is 0 Å². The molecule has 0 saturated heterocycles. The van der Waals surface area contributed by atoms with Crippen molar-refractivity contribution in [3.63, 3.8) is 0 Å². The minimum atomic E-state index is -0.228. The number of thiocarbonyl (C=S) groups is 1. The van der Waals surface area contributed by atoms with Gasteiger partial charge in [-0.2, -0.15) is 0 Å². The Labute approximate surface area is 101 Å². The molecule has 1 aliphatic heterocycles. The number of amides is 1. The van der Waals surface area contributed by atoms with Crippen LogP contribution in [0, 0.1) is 5.92 Å². The summed E-state index contributed by atoms with van der Waals surface area (Å²) in [5.74, 6) is -0.169. The SMILES string of the molecule is CCCCN1C(=O)C2C=CC=CC2=NC1=S. The molecule has 3 nitrogen and oxygen atoms in total. The Morgan fingerprint density at radius 1 is 1.50 bits per heavy atom. The van der Waals surface area contributed by atoms with Gasteiger partial charge in [-0.25, -0.2) is 4.99 Å². The van der Waals surface area contributed by atoms with Crippen molar-refractivity contribution in [2.24, 2.45) is 10.9 Å². The molecule has 1 amide bonds. The topological polar surface area (TPSA) is 32.7 Å². The van der Waals surface area contributed by atoms with E-state index in [4.69, 9.17) is 12.2 Å². The van der Waals surface area contributed by atoms with E-state index in [1.807, 2.05) is 24.3 Å². The van der Waals surface area contributed by atoms with Gasteiger partial charge in [0.1, 0.15) is 0 Å². The fourth-order valence-corrected chi connectivity index (χ4v) is 2.09. The van der Waals surface area contributed by atoms with Gasteiger partial charge in [0, 0.05) is 6.54 Å². The highest BCUT2D eigenvalue weighted by atomic mass is 32.1. The van der Waals surface area contributed by atoms with Crippen LogP contribution in [0.4, 0.5) is 0 Å². The summed E-state index contributed by atoms with van der Waals surface area (Å²) < 4.78 is 0. The van der Waals surface area contributed by atoms with Gasteiger partial charge >= 0.3 is 0 Å². The summed E-state index contributed by atoms with van der Waals surface area (Å²) in [6, 6.07) is 0. The Hall–Kier alpha value is -1.29. The second-order valence-electron chi connectivity index (χ2n) is 3.88. The molecule has 1 unspecified atom stereocenters. The maximum absolute atomic E-state index is 12.1. The third-order valence-corrected chi connectivity index (χ3v) is 3.03. The van der Waals surface area contributed by atoms with E-state index in [-0.39, 0.29) is 11.8 Å². The molecule has 1 atom stereocenters. The van der Waals surface area contributed by atoms with Crippen molar-refractivity contribution in [2.75, 3.05) is 6.54 Å². The van der Waals surface area contributed by atoms with Crippen molar-refractivity contribution in [3.8, 4) is 0 Å². The van der Waals surface area contributed by atoms with Gasteiger partial charge < -0.3 is 0 Å². The number of rotatable bonds is 3. The van der Waals surface area contributed by atoms with E-state index in [0.29, 0.717) is 11.7 Å². The first kappa shape index (κ1) is 11.2. The van der Waals surface area contributed by atoms with Crippen LogP contribution in [0.1, 0.15) is 19.8 Å². The highest BCUT2D eigenvalue weighted by molar-refractivity contribution is 7.80. The summed E-state index contributed by atoms with van der Waals surface area (Å²) in [5, 5.41) is 0.407. The Morgan fingerprint density at radius 2 is 2.31 bits per heavy atom. The van der Waals surface area contributed by atoms with E-state index in [1.165, 1.54) is 0 Å². The molecule has 1 aliphatic carbocycles. The van der Waals surface area contributed by atoms with Crippen molar-refractivity contribution in [1.29, 1.82) is 0 Å². The number of nitrogens with zero attached hydrogens (tertiary/aromatic N) is 2. The molecule has 4 heteroatoms. The van der Waals surface area contributed by atoms with Crippen LogP contribution in [-0.2, 0) is 4.79 Å². The first-order valence-corrected chi connectivity index (χ1v) is 5.93. The van der Waals surface area contributed by atoms with Gasteiger partial charge in [-0.1, -0.05) is 31.6 Å². The quantitative estimate of drug-likeness (QED) is 0.700.